The van der Waals surface area contributed by atoms with Crippen molar-refractivity contribution < 1.29 is 27.5 Å². The highest BCUT2D eigenvalue weighted by Gasteiger charge is 2.19. The maximum Gasteiger partial charge on any atom is 0.325 e. The highest BCUT2D eigenvalue weighted by Crippen LogP contribution is 2.15. The molecule has 1 aliphatic heterocycles. The molecular weight excluding hydrogens is 348 g/mol. The molecular formula is C16H22N2O6S. The van der Waals surface area contributed by atoms with E-state index in [0.717, 1.165) is 19.3 Å². The fraction of sp³-hybridized carbons (Fsp3) is 0.500. The van der Waals surface area contributed by atoms with Crippen molar-refractivity contribution in [2.45, 2.75) is 30.6 Å². The molecule has 0 aliphatic carbocycles. The first-order chi connectivity index (χ1) is 11.9. The second-order valence-corrected chi connectivity index (χ2v) is 7.27. The van der Waals surface area contributed by atoms with Crippen LogP contribution in [0.1, 0.15) is 25.7 Å². The van der Waals surface area contributed by atoms with Gasteiger partial charge in [0, 0.05) is 13.0 Å². The Morgan fingerprint density at radius 1 is 1.12 bits per heavy atom. The third-order valence-corrected chi connectivity index (χ3v) is 4.69. The van der Waals surface area contributed by atoms with Gasteiger partial charge in [-0.2, -0.15) is 0 Å². The predicted octanol–water partition coefficient (Wildman–Crippen LogP) is 0.659. The molecule has 1 amide bonds. The lowest BCUT2D eigenvalue weighted by Gasteiger charge is -2.19. The van der Waals surface area contributed by atoms with Gasteiger partial charge in [0.2, 0.25) is 15.9 Å². The standard InChI is InChI=1S/C16H22N2O6S/c17-25(21,22)14-7-5-13(6-8-14)23-10-11-24-16(20)12-18-9-3-1-2-4-15(18)19/h5-8H,1-4,9-12H2,(H2,17,21,22). The summed E-state index contributed by atoms with van der Waals surface area (Å²) in [5.74, 6) is -0.0461. The number of ether oxygens (including phenoxy) is 2. The fourth-order valence-corrected chi connectivity index (χ4v) is 2.96. The average molecular weight is 370 g/mol. The molecule has 0 bridgehead atoms. The molecule has 1 aromatic carbocycles. The van der Waals surface area contributed by atoms with E-state index >= 15 is 0 Å². The number of hydrogen-bond acceptors (Lipinski definition) is 6. The fourth-order valence-electron chi connectivity index (χ4n) is 2.45. The molecule has 138 valence electrons. The number of carbonyl (C=O) groups excluding carboxylic acids is 2. The van der Waals surface area contributed by atoms with E-state index in [2.05, 4.69) is 0 Å². The van der Waals surface area contributed by atoms with Crippen molar-refractivity contribution in [3.05, 3.63) is 24.3 Å². The Bertz CT molecular complexity index is 702. The minimum absolute atomic E-state index is 0.00612. The molecule has 1 heterocycles. The van der Waals surface area contributed by atoms with Crippen LogP contribution in [0.5, 0.6) is 5.75 Å². The van der Waals surface area contributed by atoms with Crippen molar-refractivity contribution >= 4 is 21.9 Å². The number of sulfonamides is 1. The highest BCUT2D eigenvalue weighted by atomic mass is 32.2. The number of hydrogen-bond donors (Lipinski definition) is 1. The lowest BCUT2D eigenvalue weighted by Crippen LogP contribution is -2.36. The number of esters is 1. The molecule has 1 saturated heterocycles. The van der Waals surface area contributed by atoms with Gasteiger partial charge in [0.05, 0.1) is 4.90 Å². The number of primary sulfonamides is 1. The second-order valence-electron chi connectivity index (χ2n) is 5.71. The van der Waals surface area contributed by atoms with Crippen LogP contribution in [-0.2, 0) is 24.3 Å². The van der Waals surface area contributed by atoms with E-state index in [0.29, 0.717) is 18.7 Å². The number of nitrogens with zero attached hydrogens (tertiary/aromatic N) is 1. The summed E-state index contributed by atoms with van der Waals surface area (Å²) in [6, 6.07) is 5.61. The SMILES string of the molecule is NS(=O)(=O)c1ccc(OCCOC(=O)CN2CCCCCC2=O)cc1. The van der Waals surface area contributed by atoms with E-state index in [1.165, 1.54) is 29.2 Å². The van der Waals surface area contributed by atoms with Gasteiger partial charge in [0.25, 0.3) is 0 Å². The lowest BCUT2D eigenvalue weighted by molar-refractivity contribution is -0.149. The third kappa shape index (κ3) is 6.35. The number of nitrogens with two attached hydrogens (primary N) is 1. The third-order valence-electron chi connectivity index (χ3n) is 3.76. The van der Waals surface area contributed by atoms with E-state index in [1.807, 2.05) is 0 Å². The molecule has 2 N–H and O–H groups in total. The zero-order valence-electron chi connectivity index (χ0n) is 13.8. The van der Waals surface area contributed by atoms with E-state index < -0.39 is 16.0 Å². The van der Waals surface area contributed by atoms with Crippen LogP contribution in [0.2, 0.25) is 0 Å². The summed E-state index contributed by atoms with van der Waals surface area (Å²) >= 11 is 0. The maximum atomic E-state index is 11.8. The van der Waals surface area contributed by atoms with Gasteiger partial charge in [-0.05, 0) is 37.1 Å². The van der Waals surface area contributed by atoms with Crippen LogP contribution in [0.4, 0.5) is 0 Å². The Balaban J connectivity index is 1.70. The molecule has 25 heavy (non-hydrogen) atoms. The van der Waals surface area contributed by atoms with Crippen LogP contribution >= 0.6 is 0 Å². The Kier molecular flexibility index (Phi) is 6.77. The molecule has 2 rings (SSSR count). The Hall–Kier alpha value is -2.13. The van der Waals surface area contributed by atoms with E-state index in [-0.39, 0.29) is 30.6 Å². The minimum atomic E-state index is -3.73. The van der Waals surface area contributed by atoms with Gasteiger partial charge in [-0.3, -0.25) is 9.59 Å². The van der Waals surface area contributed by atoms with Crippen LogP contribution in [0.15, 0.2) is 29.2 Å². The minimum Gasteiger partial charge on any atom is -0.490 e. The Labute approximate surface area is 146 Å². The van der Waals surface area contributed by atoms with Crippen LogP contribution in [0.3, 0.4) is 0 Å². The summed E-state index contributed by atoms with van der Waals surface area (Å²) in [6.45, 7) is 0.703. The second kappa shape index (κ2) is 8.82. The van der Waals surface area contributed by atoms with E-state index in [4.69, 9.17) is 14.6 Å². The van der Waals surface area contributed by atoms with E-state index in [9.17, 15) is 18.0 Å². The predicted molar refractivity (Wildman–Crippen MR) is 89.3 cm³/mol. The van der Waals surface area contributed by atoms with Gasteiger partial charge in [-0.25, -0.2) is 13.6 Å². The molecule has 1 fully saturated rings. The molecule has 1 aliphatic rings. The monoisotopic (exact) mass is 370 g/mol. The first kappa shape index (κ1) is 19.2. The van der Waals surface area contributed by atoms with Crippen molar-refractivity contribution in [2.24, 2.45) is 5.14 Å². The molecule has 0 spiro atoms. The number of rotatable bonds is 7. The molecule has 9 heteroatoms. The van der Waals surface area contributed by atoms with Gasteiger partial charge < -0.3 is 14.4 Å². The first-order valence-corrected chi connectivity index (χ1v) is 9.60. The van der Waals surface area contributed by atoms with Crippen molar-refractivity contribution in [3.63, 3.8) is 0 Å². The van der Waals surface area contributed by atoms with Crippen molar-refractivity contribution in [1.29, 1.82) is 0 Å². The normalized spacial score (nSPS) is 15.6. The van der Waals surface area contributed by atoms with Gasteiger partial charge in [0.1, 0.15) is 25.5 Å². The molecule has 8 nitrogen and oxygen atoms in total. The number of amides is 1. The summed E-state index contributed by atoms with van der Waals surface area (Å²) in [5, 5.41) is 5.00. The molecule has 1 aromatic rings. The lowest BCUT2D eigenvalue weighted by atomic mass is 10.2. The Morgan fingerprint density at radius 2 is 1.84 bits per heavy atom. The molecule has 0 radical (unpaired) electrons. The first-order valence-electron chi connectivity index (χ1n) is 8.05. The largest absolute Gasteiger partial charge is 0.490 e. The smallest absolute Gasteiger partial charge is 0.325 e. The Morgan fingerprint density at radius 3 is 2.52 bits per heavy atom. The number of likely N-dealkylation sites (tertiary alicyclic amines) is 1. The van der Waals surface area contributed by atoms with Gasteiger partial charge in [0.15, 0.2) is 0 Å². The molecule has 0 saturated carbocycles. The number of carbonyl (C=O) groups is 2. The van der Waals surface area contributed by atoms with Crippen molar-refractivity contribution in [2.75, 3.05) is 26.3 Å². The van der Waals surface area contributed by atoms with Gasteiger partial charge >= 0.3 is 5.97 Å². The average Bonchev–Trinajstić information content (AvgIpc) is 2.76. The zero-order chi connectivity index (χ0) is 18.3. The van der Waals surface area contributed by atoms with Crippen molar-refractivity contribution in [1.82, 2.24) is 4.90 Å². The summed E-state index contributed by atoms with van der Waals surface area (Å²) in [7, 11) is -3.73. The summed E-state index contributed by atoms with van der Waals surface area (Å²) < 4.78 is 32.7. The highest BCUT2D eigenvalue weighted by molar-refractivity contribution is 7.89. The van der Waals surface area contributed by atoms with Crippen molar-refractivity contribution in [3.8, 4) is 5.75 Å². The zero-order valence-corrected chi connectivity index (χ0v) is 14.7. The van der Waals surface area contributed by atoms with Crippen LogP contribution in [0.25, 0.3) is 0 Å². The van der Waals surface area contributed by atoms with Crippen LogP contribution in [0, 0.1) is 0 Å². The van der Waals surface area contributed by atoms with E-state index in [1.54, 1.807) is 0 Å². The summed E-state index contributed by atoms with van der Waals surface area (Å²) in [4.78, 5) is 25.1. The van der Waals surface area contributed by atoms with Crippen LogP contribution < -0.4 is 9.88 Å². The topological polar surface area (TPSA) is 116 Å². The van der Waals surface area contributed by atoms with Crippen LogP contribution in [-0.4, -0.2) is 51.5 Å². The number of benzene rings is 1. The van der Waals surface area contributed by atoms with Gasteiger partial charge in [-0.1, -0.05) is 6.42 Å². The quantitative estimate of drug-likeness (QED) is 0.557. The maximum absolute atomic E-state index is 11.8. The molecule has 0 atom stereocenters. The van der Waals surface area contributed by atoms with Gasteiger partial charge in [-0.15, -0.1) is 0 Å². The summed E-state index contributed by atoms with van der Waals surface area (Å²) in [5.41, 5.74) is 0. The molecule has 0 unspecified atom stereocenters. The summed E-state index contributed by atoms with van der Waals surface area (Å²) in [6.07, 6.45) is 3.24. The molecule has 0 aromatic heterocycles.